The molecule has 0 saturated carbocycles. The van der Waals surface area contributed by atoms with Crippen molar-refractivity contribution in [3.63, 3.8) is 0 Å². The Kier molecular flexibility index (Phi) is 15.6. The molecule has 3 rings (SSSR count). The first-order chi connectivity index (χ1) is 23.1. The predicted octanol–water partition coefficient (Wildman–Crippen LogP) is 4.75. The van der Waals surface area contributed by atoms with Crippen LogP contribution < -0.4 is 0 Å². The molecule has 3 fully saturated rings. The Hall–Kier alpha value is -0.440. The van der Waals surface area contributed by atoms with Gasteiger partial charge in [0.25, 0.3) is 0 Å². The molecule has 3 heterocycles. The van der Waals surface area contributed by atoms with Gasteiger partial charge in [0.15, 0.2) is 12.6 Å². The van der Waals surface area contributed by atoms with Crippen LogP contribution in [0.25, 0.3) is 0 Å². The minimum absolute atomic E-state index is 0.00840. The van der Waals surface area contributed by atoms with Gasteiger partial charge in [-0.1, -0.05) is 41.5 Å². The highest BCUT2D eigenvalue weighted by Gasteiger charge is 2.50. The van der Waals surface area contributed by atoms with Crippen LogP contribution in [0.3, 0.4) is 0 Å². The molecule has 11 heteroatoms. The molecule has 0 aliphatic carbocycles. The zero-order chi connectivity index (χ0) is 37.9. The second-order valence-corrected chi connectivity index (χ2v) is 17.5. The van der Waals surface area contributed by atoms with Crippen molar-refractivity contribution in [2.75, 3.05) is 27.3 Å². The van der Waals surface area contributed by atoms with Gasteiger partial charge in [-0.3, -0.25) is 0 Å². The molecule has 17 atom stereocenters. The van der Waals surface area contributed by atoms with Crippen molar-refractivity contribution in [1.82, 2.24) is 4.90 Å². The lowest BCUT2D eigenvalue weighted by atomic mass is 9.77. The quantitative estimate of drug-likeness (QED) is 0.290. The van der Waals surface area contributed by atoms with E-state index in [9.17, 15) is 20.4 Å². The lowest BCUT2D eigenvalue weighted by Gasteiger charge is -2.48. The van der Waals surface area contributed by atoms with Crippen LogP contribution in [0.5, 0.6) is 0 Å². The van der Waals surface area contributed by atoms with Crippen LogP contribution in [0.1, 0.15) is 115 Å². The van der Waals surface area contributed by atoms with E-state index < -0.39 is 66.0 Å². The Bertz CT molecular complexity index is 1030. The third-order valence-electron chi connectivity index (χ3n) is 12.4. The first-order valence-corrected chi connectivity index (χ1v) is 19.4. The number of likely N-dealkylation sites (N-methyl/N-ethyl adjacent to an activating group) is 1. The molecule has 7 unspecified atom stereocenters. The van der Waals surface area contributed by atoms with E-state index in [1.807, 2.05) is 53.5 Å². The Balaban J connectivity index is 2.09. The fraction of sp³-hybridized carbons (Fsp3) is 1.00. The molecule has 0 radical (unpaired) electrons. The van der Waals surface area contributed by atoms with E-state index in [1.54, 1.807) is 14.0 Å². The summed E-state index contributed by atoms with van der Waals surface area (Å²) in [6.07, 6.45) is -2.61. The first-order valence-electron chi connectivity index (χ1n) is 19.4. The Labute approximate surface area is 303 Å². The zero-order valence-corrected chi connectivity index (χ0v) is 33.8. The summed E-state index contributed by atoms with van der Waals surface area (Å²) in [4.78, 5) is 2.04. The van der Waals surface area contributed by atoms with E-state index in [2.05, 4.69) is 34.6 Å². The van der Waals surface area contributed by atoms with Gasteiger partial charge in [0, 0.05) is 44.4 Å². The normalized spacial score (nSPS) is 49.7. The van der Waals surface area contributed by atoms with Crippen molar-refractivity contribution in [1.29, 1.82) is 0 Å². The van der Waals surface area contributed by atoms with Crippen LogP contribution in [0.2, 0.25) is 0 Å². The highest BCUT2D eigenvalue weighted by molar-refractivity contribution is 4.98. The smallest absolute Gasteiger partial charge is 0.161 e. The van der Waals surface area contributed by atoms with Gasteiger partial charge < -0.3 is 53.7 Å². The molecule has 0 aromatic carbocycles. The number of nitrogens with zero attached hydrogens (tertiary/aromatic N) is 1. The maximum atomic E-state index is 12.5. The maximum absolute atomic E-state index is 12.5. The largest absolute Gasteiger partial charge is 0.388 e. The summed E-state index contributed by atoms with van der Waals surface area (Å²) in [5.74, 6) is 0.278. The molecule has 0 aromatic rings. The summed E-state index contributed by atoms with van der Waals surface area (Å²) >= 11 is 0. The van der Waals surface area contributed by atoms with Gasteiger partial charge in [0.05, 0.1) is 48.3 Å². The number of aliphatic hydroxyl groups is 4. The first kappa shape index (κ1) is 44.0. The van der Waals surface area contributed by atoms with E-state index in [0.29, 0.717) is 37.6 Å². The monoisotopic (exact) mass is 718 g/mol. The summed E-state index contributed by atoms with van der Waals surface area (Å²) in [6.45, 7) is 24.6. The molecule has 3 saturated heterocycles. The molecule has 0 amide bonds. The van der Waals surface area contributed by atoms with E-state index >= 15 is 0 Å². The summed E-state index contributed by atoms with van der Waals surface area (Å²) < 4.78 is 38.8. The van der Waals surface area contributed by atoms with Crippen molar-refractivity contribution < 1.29 is 48.8 Å². The third-order valence-corrected chi connectivity index (χ3v) is 12.4. The van der Waals surface area contributed by atoms with Gasteiger partial charge in [0.1, 0.15) is 17.8 Å². The molecule has 0 spiro atoms. The van der Waals surface area contributed by atoms with Crippen molar-refractivity contribution in [3.05, 3.63) is 0 Å². The number of ether oxygens (including phenoxy) is 6. The second kappa shape index (κ2) is 17.8. The summed E-state index contributed by atoms with van der Waals surface area (Å²) in [5.41, 5.74) is -3.70. The fourth-order valence-electron chi connectivity index (χ4n) is 9.02. The van der Waals surface area contributed by atoms with Crippen molar-refractivity contribution in [2.24, 2.45) is 29.6 Å². The van der Waals surface area contributed by atoms with E-state index in [4.69, 9.17) is 28.4 Å². The standard InChI is InChI=1S/C39H75NO10/c1-15-30-39(12,44)34(41)27(8)40(13)20-23(4)18-37(10,43)36(50-31-17-29(22(2)3)16-25(6)47-31)26(7)33(24(5)21-46-30)49-32-19-38(11,45-14)35(42)28(9)48-32/h22-36,41-44H,15-21H2,1-14H3/t23-,24+,25?,26+,27-,28?,29?,30-,31?,32?,33-,34-,35?,36-,37-,38?,39-/m1/s1. The molecular weight excluding hydrogens is 642 g/mol. The lowest BCUT2D eigenvalue weighted by molar-refractivity contribution is -0.310. The van der Waals surface area contributed by atoms with Crippen molar-refractivity contribution in [2.45, 2.75) is 193 Å². The van der Waals surface area contributed by atoms with E-state index in [1.165, 1.54) is 0 Å². The Morgan fingerprint density at radius 1 is 0.880 bits per heavy atom. The van der Waals surface area contributed by atoms with E-state index in [0.717, 1.165) is 12.8 Å². The summed E-state index contributed by atoms with van der Waals surface area (Å²) in [6, 6.07) is -0.374. The highest BCUT2D eigenvalue weighted by atomic mass is 16.7. The number of hydrogen-bond donors (Lipinski definition) is 4. The maximum Gasteiger partial charge on any atom is 0.161 e. The predicted molar refractivity (Wildman–Crippen MR) is 194 cm³/mol. The fourth-order valence-corrected chi connectivity index (χ4v) is 9.02. The van der Waals surface area contributed by atoms with Crippen LogP contribution in [0.15, 0.2) is 0 Å². The average molecular weight is 718 g/mol. The molecule has 50 heavy (non-hydrogen) atoms. The Morgan fingerprint density at radius 3 is 2.10 bits per heavy atom. The number of methoxy groups -OCH3 is 1. The molecule has 11 nitrogen and oxygen atoms in total. The van der Waals surface area contributed by atoms with Crippen molar-refractivity contribution in [3.8, 4) is 0 Å². The van der Waals surface area contributed by atoms with Crippen LogP contribution in [0.4, 0.5) is 0 Å². The van der Waals surface area contributed by atoms with Gasteiger partial charge in [-0.2, -0.15) is 0 Å². The molecule has 3 aliphatic heterocycles. The van der Waals surface area contributed by atoms with Gasteiger partial charge in [-0.15, -0.1) is 0 Å². The van der Waals surface area contributed by atoms with Gasteiger partial charge in [-0.05, 0) is 85.6 Å². The number of hydrogen-bond acceptors (Lipinski definition) is 11. The SMILES string of the molecule is CC[C@H]1OC[C@H](C)[C@@H](OC2CC(C)(OC)C(O)C(C)O2)[C@H](C)[C@@H](OC2CC(C(C)C)CC(C)O2)[C@](C)(O)C[C@@H](C)CN(C)[C@H](C)[C@@H](O)[C@]1(C)O. The number of aliphatic hydroxyl groups excluding tert-OH is 2. The van der Waals surface area contributed by atoms with Gasteiger partial charge in [0.2, 0.25) is 0 Å². The minimum atomic E-state index is -1.52. The third kappa shape index (κ3) is 10.4. The van der Waals surface area contributed by atoms with Crippen LogP contribution in [-0.4, -0.2) is 131 Å². The molecule has 4 N–H and O–H groups in total. The van der Waals surface area contributed by atoms with E-state index in [-0.39, 0.29) is 36.5 Å². The summed E-state index contributed by atoms with van der Waals surface area (Å²) in [5, 5.41) is 46.7. The Morgan fingerprint density at radius 2 is 1.52 bits per heavy atom. The molecule has 3 aliphatic rings. The van der Waals surface area contributed by atoms with Gasteiger partial charge in [-0.25, -0.2) is 0 Å². The second-order valence-electron chi connectivity index (χ2n) is 17.5. The average Bonchev–Trinajstić information content (AvgIpc) is 3.02. The topological polar surface area (TPSA) is 140 Å². The van der Waals surface area contributed by atoms with Crippen molar-refractivity contribution >= 4 is 0 Å². The van der Waals surface area contributed by atoms with Crippen LogP contribution in [-0.2, 0) is 28.4 Å². The molecular formula is C39H75NO10. The highest BCUT2D eigenvalue weighted by Crippen LogP contribution is 2.40. The molecule has 0 bridgehead atoms. The van der Waals surface area contributed by atoms with Crippen LogP contribution in [0, 0.1) is 29.6 Å². The number of rotatable bonds is 7. The minimum Gasteiger partial charge on any atom is -0.388 e. The van der Waals surface area contributed by atoms with Crippen LogP contribution >= 0.6 is 0 Å². The lowest BCUT2D eigenvalue weighted by Crippen LogP contribution is -2.59. The van der Waals surface area contributed by atoms with Gasteiger partial charge >= 0.3 is 0 Å². The molecule has 0 aromatic heterocycles. The summed E-state index contributed by atoms with van der Waals surface area (Å²) in [7, 11) is 3.53. The zero-order valence-electron chi connectivity index (χ0n) is 33.8. The molecule has 296 valence electrons.